The molecular weight excluding hydrogens is 426 g/mol. The molecule has 32 heavy (non-hydrogen) atoms. The third-order valence-corrected chi connectivity index (χ3v) is 7.76. The van der Waals surface area contributed by atoms with E-state index in [4.69, 9.17) is 11.6 Å². The summed E-state index contributed by atoms with van der Waals surface area (Å²) in [6.07, 6.45) is 0. The fourth-order valence-corrected chi connectivity index (χ4v) is 6.27. The molecule has 1 aliphatic heterocycles. The Morgan fingerprint density at radius 2 is 1.53 bits per heavy atom. The van der Waals surface area contributed by atoms with Crippen LogP contribution in [0.4, 0.5) is 5.69 Å². The van der Waals surface area contributed by atoms with Crippen molar-refractivity contribution < 1.29 is 19.5 Å². The van der Waals surface area contributed by atoms with Gasteiger partial charge in [-0.15, -0.1) is 0 Å². The number of anilines is 1. The molecule has 0 N–H and O–H groups in total. The molecule has 3 aromatic rings. The first-order valence-electron chi connectivity index (χ1n) is 10.4. The summed E-state index contributed by atoms with van der Waals surface area (Å²) in [5.41, 5.74) is 2.04. The minimum atomic E-state index is -1.73. The topological polar surface area (TPSA) is 77.5 Å². The van der Waals surface area contributed by atoms with Gasteiger partial charge in [-0.3, -0.25) is 9.59 Å². The maximum absolute atomic E-state index is 13.8. The Labute approximate surface area is 189 Å². The molecule has 3 aromatic carbocycles. The summed E-state index contributed by atoms with van der Waals surface area (Å²) in [5.74, 6) is -4.62. The zero-order valence-corrected chi connectivity index (χ0v) is 17.8. The SMILES string of the molecule is Cc1ccc(N2C(=O)C3C4c5ccccc5C(C(=O)[O-])(c5ccccc54)C3C2=O)cc1Cl. The van der Waals surface area contributed by atoms with Gasteiger partial charge in [0.05, 0.1) is 28.9 Å². The first kappa shape index (κ1) is 19.3. The Bertz CT molecular complexity index is 1320. The van der Waals surface area contributed by atoms with Gasteiger partial charge >= 0.3 is 0 Å². The summed E-state index contributed by atoms with van der Waals surface area (Å²) < 4.78 is 0. The summed E-state index contributed by atoms with van der Waals surface area (Å²) in [7, 11) is 0. The fourth-order valence-electron chi connectivity index (χ4n) is 6.09. The van der Waals surface area contributed by atoms with Crippen molar-refractivity contribution in [2.45, 2.75) is 18.3 Å². The molecule has 1 saturated heterocycles. The van der Waals surface area contributed by atoms with E-state index in [1.165, 1.54) is 0 Å². The first-order chi connectivity index (χ1) is 15.4. The maximum atomic E-state index is 13.8. The molecule has 5 nitrogen and oxygen atoms in total. The summed E-state index contributed by atoms with van der Waals surface area (Å²) in [6.45, 7) is 1.83. The Kier molecular flexibility index (Phi) is 3.79. The third kappa shape index (κ3) is 2.07. The van der Waals surface area contributed by atoms with Crippen LogP contribution in [0.15, 0.2) is 66.7 Å². The van der Waals surface area contributed by atoms with Crippen LogP contribution in [-0.2, 0) is 19.8 Å². The first-order valence-corrected chi connectivity index (χ1v) is 10.8. The van der Waals surface area contributed by atoms with E-state index in [1.54, 1.807) is 42.5 Å². The van der Waals surface area contributed by atoms with E-state index in [9.17, 15) is 19.5 Å². The average Bonchev–Trinajstić information content (AvgIpc) is 3.06. The molecule has 158 valence electrons. The lowest BCUT2D eigenvalue weighted by atomic mass is 9.47. The number of nitrogens with zero attached hydrogens (tertiary/aromatic N) is 1. The predicted molar refractivity (Wildman–Crippen MR) is 116 cm³/mol. The van der Waals surface area contributed by atoms with E-state index in [-0.39, 0.29) is 0 Å². The monoisotopic (exact) mass is 442 g/mol. The van der Waals surface area contributed by atoms with Gasteiger partial charge in [-0.25, -0.2) is 4.90 Å². The molecule has 0 spiro atoms. The van der Waals surface area contributed by atoms with Gasteiger partial charge in [-0.2, -0.15) is 0 Å². The van der Waals surface area contributed by atoms with Gasteiger partial charge in [0.15, 0.2) is 0 Å². The quantitative estimate of drug-likeness (QED) is 0.572. The van der Waals surface area contributed by atoms with E-state index in [0.717, 1.165) is 21.6 Å². The van der Waals surface area contributed by atoms with Gasteiger partial charge in [-0.1, -0.05) is 66.2 Å². The van der Waals surface area contributed by atoms with Crippen LogP contribution in [0.2, 0.25) is 5.02 Å². The van der Waals surface area contributed by atoms with Crippen molar-refractivity contribution in [3.8, 4) is 0 Å². The second kappa shape index (κ2) is 6.30. The van der Waals surface area contributed by atoms with Crippen LogP contribution in [0, 0.1) is 18.8 Å². The number of carboxylic acid groups (broad SMARTS) is 1. The number of hydrogen-bond donors (Lipinski definition) is 0. The third-order valence-electron chi connectivity index (χ3n) is 7.35. The van der Waals surface area contributed by atoms with Crippen LogP contribution >= 0.6 is 11.6 Å². The molecule has 0 saturated carbocycles. The number of hydrogen-bond acceptors (Lipinski definition) is 4. The van der Waals surface area contributed by atoms with Crippen molar-refractivity contribution in [2.24, 2.45) is 11.8 Å². The van der Waals surface area contributed by atoms with Gasteiger partial charge in [0.1, 0.15) is 0 Å². The zero-order valence-electron chi connectivity index (χ0n) is 17.0. The van der Waals surface area contributed by atoms with Crippen molar-refractivity contribution in [1.29, 1.82) is 0 Å². The van der Waals surface area contributed by atoms with Crippen molar-refractivity contribution in [3.05, 3.63) is 99.6 Å². The number of imide groups is 1. The second-order valence-corrected chi connectivity index (χ2v) is 9.10. The second-order valence-electron chi connectivity index (χ2n) is 8.70. The number of carbonyl (C=O) groups excluding carboxylic acids is 3. The van der Waals surface area contributed by atoms with E-state index >= 15 is 0 Å². The van der Waals surface area contributed by atoms with Gasteiger partial charge < -0.3 is 9.90 Å². The standard InChI is InChI=1S/C26H18ClNO4/c1-13-10-11-14(12-19(13)27)28-23(29)21-20-15-6-2-4-8-17(15)26(25(31)32,22(21)24(28)30)18-9-5-3-7-16(18)20/h2-12,20-22H,1H3,(H,31,32)/p-1. The number of rotatable bonds is 2. The lowest BCUT2D eigenvalue weighted by Gasteiger charge is -2.54. The molecule has 0 aromatic heterocycles. The molecule has 2 bridgehead atoms. The number of carbonyl (C=O) groups is 3. The van der Waals surface area contributed by atoms with Crippen molar-refractivity contribution >= 4 is 35.1 Å². The highest BCUT2D eigenvalue weighted by molar-refractivity contribution is 6.32. The lowest BCUT2D eigenvalue weighted by Crippen LogP contribution is -2.61. The lowest BCUT2D eigenvalue weighted by molar-refractivity contribution is -0.314. The number of halogens is 1. The Morgan fingerprint density at radius 3 is 2.09 bits per heavy atom. The van der Waals surface area contributed by atoms with Crippen LogP contribution in [0.25, 0.3) is 0 Å². The van der Waals surface area contributed by atoms with Crippen molar-refractivity contribution in [2.75, 3.05) is 4.90 Å². The largest absolute Gasteiger partial charge is 0.549 e. The van der Waals surface area contributed by atoms with E-state index in [2.05, 4.69) is 0 Å². The predicted octanol–water partition coefficient (Wildman–Crippen LogP) is 2.95. The molecule has 6 heteroatoms. The summed E-state index contributed by atoms with van der Waals surface area (Å²) in [4.78, 5) is 41.7. The van der Waals surface area contributed by atoms with Gasteiger partial charge in [-0.05, 0) is 46.9 Å². The fraction of sp³-hybridized carbons (Fsp3) is 0.192. The zero-order chi connectivity index (χ0) is 22.4. The molecule has 7 rings (SSSR count). The van der Waals surface area contributed by atoms with Gasteiger partial charge in [0.25, 0.3) is 0 Å². The maximum Gasteiger partial charge on any atom is 0.239 e. The van der Waals surface area contributed by atoms with Crippen LogP contribution in [0.3, 0.4) is 0 Å². The number of benzene rings is 3. The molecule has 1 fully saturated rings. The number of aryl methyl sites for hydroxylation is 1. The van der Waals surface area contributed by atoms with Crippen molar-refractivity contribution in [3.63, 3.8) is 0 Å². The van der Waals surface area contributed by atoms with Crippen LogP contribution < -0.4 is 10.0 Å². The van der Waals surface area contributed by atoms with Crippen LogP contribution in [0.1, 0.15) is 33.7 Å². The van der Waals surface area contributed by atoms with Crippen LogP contribution in [0.5, 0.6) is 0 Å². The summed E-state index contributed by atoms with van der Waals surface area (Å²) >= 11 is 6.28. The Hall–Kier alpha value is -3.44. The molecule has 2 amide bonds. The normalized spacial score (nSPS) is 27.2. The van der Waals surface area contributed by atoms with Crippen molar-refractivity contribution in [1.82, 2.24) is 0 Å². The minimum Gasteiger partial charge on any atom is -0.549 e. The van der Waals surface area contributed by atoms with Gasteiger partial charge in [0.2, 0.25) is 11.8 Å². The minimum absolute atomic E-state index is 0.353. The molecule has 2 unspecified atom stereocenters. The number of amides is 2. The van der Waals surface area contributed by atoms with E-state index < -0.39 is 41.0 Å². The Balaban J connectivity index is 1.66. The highest BCUT2D eigenvalue weighted by Gasteiger charge is 2.68. The summed E-state index contributed by atoms with van der Waals surface area (Å²) in [5, 5.41) is 13.4. The number of carboxylic acids is 1. The molecule has 4 aliphatic rings. The highest BCUT2D eigenvalue weighted by atomic mass is 35.5. The summed E-state index contributed by atoms with van der Waals surface area (Å²) in [6, 6.07) is 19.4. The highest BCUT2D eigenvalue weighted by Crippen LogP contribution is 2.64. The average molecular weight is 443 g/mol. The van der Waals surface area contributed by atoms with E-state index in [1.807, 2.05) is 31.2 Å². The van der Waals surface area contributed by atoms with Gasteiger partial charge in [0, 0.05) is 10.9 Å². The number of aliphatic carboxylic acids is 1. The van der Waals surface area contributed by atoms with E-state index in [0.29, 0.717) is 21.8 Å². The molecular formula is C26H17ClNO4-. The molecule has 3 aliphatic carbocycles. The molecule has 0 radical (unpaired) electrons. The smallest absolute Gasteiger partial charge is 0.239 e. The molecule has 2 atom stereocenters. The Morgan fingerprint density at radius 1 is 0.938 bits per heavy atom. The van der Waals surface area contributed by atoms with Crippen LogP contribution in [-0.4, -0.2) is 17.8 Å². The molecule has 1 heterocycles.